The van der Waals surface area contributed by atoms with Crippen molar-refractivity contribution in [2.45, 2.75) is 50.6 Å². The number of amides is 1. The van der Waals surface area contributed by atoms with E-state index in [0.717, 1.165) is 25.7 Å². The van der Waals surface area contributed by atoms with E-state index in [4.69, 9.17) is 0 Å². The van der Waals surface area contributed by atoms with Crippen LogP contribution < -0.4 is 21.0 Å². The van der Waals surface area contributed by atoms with E-state index in [1.165, 1.54) is 38.6 Å². The zero-order valence-corrected chi connectivity index (χ0v) is 15.7. The maximum Gasteiger partial charge on any atom is 0.256 e. The van der Waals surface area contributed by atoms with Crippen molar-refractivity contribution in [2.24, 2.45) is 0 Å². The van der Waals surface area contributed by atoms with E-state index in [0.29, 0.717) is 16.9 Å². The summed E-state index contributed by atoms with van der Waals surface area (Å²) in [6.07, 6.45) is 9.06. The third kappa shape index (κ3) is 2.67. The van der Waals surface area contributed by atoms with Gasteiger partial charge in [-0.05, 0) is 31.7 Å². The van der Waals surface area contributed by atoms with Crippen LogP contribution in [0, 0.1) is 5.82 Å². The molecule has 1 saturated carbocycles. The minimum absolute atomic E-state index is 0.0173. The summed E-state index contributed by atoms with van der Waals surface area (Å²) in [5.41, 5.74) is 0.855. The first kappa shape index (κ1) is 17.8. The lowest BCUT2D eigenvalue weighted by atomic mass is 9.90. The topological polar surface area (TPSA) is 77.2 Å². The zero-order chi connectivity index (χ0) is 19.2. The van der Waals surface area contributed by atoms with Gasteiger partial charge in [0.05, 0.1) is 16.6 Å². The molecule has 1 fully saturated rings. The molecule has 27 heavy (non-hydrogen) atoms. The highest BCUT2D eigenvalue weighted by atomic mass is 19.1. The van der Waals surface area contributed by atoms with Gasteiger partial charge in [0, 0.05) is 20.3 Å². The Kier molecular flexibility index (Phi) is 4.32. The summed E-state index contributed by atoms with van der Waals surface area (Å²) in [5.74, 6) is -0.924. The van der Waals surface area contributed by atoms with E-state index in [-0.39, 0.29) is 16.6 Å². The molecule has 0 unspecified atom stereocenters. The van der Waals surface area contributed by atoms with E-state index >= 15 is 4.39 Å². The van der Waals surface area contributed by atoms with Crippen LogP contribution in [-0.4, -0.2) is 30.6 Å². The third-order valence-corrected chi connectivity index (χ3v) is 6.09. The molecule has 1 aliphatic heterocycles. The Morgan fingerprint density at radius 2 is 1.89 bits per heavy atom. The summed E-state index contributed by atoms with van der Waals surface area (Å²) < 4.78 is 15.1. The highest BCUT2D eigenvalue weighted by molar-refractivity contribution is 6.03. The number of nitrogens with one attached hydrogen (secondary N) is 3. The van der Waals surface area contributed by atoms with Crippen molar-refractivity contribution < 1.29 is 9.18 Å². The molecule has 144 valence electrons. The molecule has 2 aliphatic rings. The van der Waals surface area contributed by atoms with Crippen molar-refractivity contribution >= 4 is 28.2 Å². The van der Waals surface area contributed by atoms with Crippen molar-refractivity contribution in [1.29, 1.82) is 0 Å². The highest BCUT2D eigenvalue weighted by Crippen LogP contribution is 2.48. The van der Waals surface area contributed by atoms with Crippen LogP contribution in [-0.2, 0) is 0 Å². The number of nitrogens with zero attached hydrogens (tertiary/aromatic N) is 1. The summed E-state index contributed by atoms with van der Waals surface area (Å²) in [5, 5.41) is 6.19. The molecular weight excluding hydrogens is 347 g/mol. The predicted molar refractivity (Wildman–Crippen MR) is 105 cm³/mol. The fraction of sp³-hybridized carbons (Fsp3) is 0.500. The molecule has 0 bridgehead atoms. The largest absolute Gasteiger partial charge is 0.359 e. The second kappa shape index (κ2) is 6.55. The highest BCUT2D eigenvalue weighted by Gasteiger charge is 2.43. The number of fused-ring (bicyclic) bond motifs is 3. The van der Waals surface area contributed by atoms with Gasteiger partial charge in [0.2, 0.25) is 5.43 Å². The van der Waals surface area contributed by atoms with Crippen LogP contribution in [0.2, 0.25) is 0 Å². The van der Waals surface area contributed by atoms with Gasteiger partial charge in [-0.3, -0.25) is 9.59 Å². The molecule has 4 rings (SSSR count). The van der Waals surface area contributed by atoms with Crippen LogP contribution in [0.4, 0.5) is 15.8 Å². The van der Waals surface area contributed by atoms with Gasteiger partial charge in [0.1, 0.15) is 22.7 Å². The lowest BCUT2D eigenvalue weighted by Crippen LogP contribution is -2.49. The van der Waals surface area contributed by atoms with Gasteiger partial charge in [-0.2, -0.15) is 0 Å². The van der Waals surface area contributed by atoms with Crippen molar-refractivity contribution in [2.75, 3.05) is 24.3 Å². The number of halogens is 1. The second-order valence-electron chi connectivity index (χ2n) is 7.60. The molecule has 2 heterocycles. The third-order valence-electron chi connectivity index (χ3n) is 6.09. The average Bonchev–Trinajstić information content (AvgIpc) is 2.93. The maximum atomic E-state index is 15.1. The maximum absolute atomic E-state index is 15.1. The summed E-state index contributed by atoms with van der Waals surface area (Å²) in [7, 11) is 3.39. The van der Waals surface area contributed by atoms with Gasteiger partial charge in [-0.25, -0.2) is 4.39 Å². The molecular formula is C20H25FN4O2. The number of aromatic nitrogens is 1. The van der Waals surface area contributed by atoms with Crippen molar-refractivity contribution in [3.05, 3.63) is 33.9 Å². The van der Waals surface area contributed by atoms with E-state index in [9.17, 15) is 9.59 Å². The molecule has 0 atom stereocenters. The van der Waals surface area contributed by atoms with E-state index in [1.54, 1.807) is 0 Å². The molecule has 2 aromatic rings. The number of hydrogen-bond donors (Lipinski definition) is 3. The number of aromatic amines is 1. The minimum Gasteiger partial charge on any atom is -0.359 e. The molecule has 1 aliphatic carbocycles. The lowest BCUT2D eigenvalue weighted by Gasteiger charge is -2.39. The number of benzene rings is 1. The monoisotopic (exact) mass is 372 g/mol. The Hall–Kier alpha value is -2.57. The average molecular weight is 372 g/mol. The van der Waals surface area contributed by atoms with Gasteiger partial charge in [0.25, 0.3) is 5.91 Å². The SMILES string of the molecule is CNC(=O)c1c[nH]c2c3c(c(F)cc2c1=O)N(C)C1(CCCCCCC1)N3. The van der Waals surface area contributed by atoms with Gasteiger partial charge >= 0.3 is 0 Å². The van der Waals surface area contributed by atoms with Crippen molar-refractivity contribution in [1.82, 2.24) is 10.3 Å². The molecule has 0 saturated heterocycles. The Labute approximate surface area is 157 Å². The number of H-pyrrole nitrogens is 1. The fourth-order valence-corrected chi connectivity index (χ4v) is 4.56. The Morgan fingerprint density at radius 3 is 2.56 bits per heavy atom. The molecule has 1 amide bonds. The fourth-order valence-electron chi connectivity index (χ4n) is 4.56. The quantitative estimate of drug-likeness (QED) is 0.718. The molecule has 1 spiro atoms. The minimum atomic E-state index is -0.486. The van der Waals surface area contributed by atoms with E-state index in [2.05, 4.69) is 15.6 Å². The van der Waals surface area contributed by atoms with Gasteiger partial charge < -0.3 is 20.5 Å². The number of pyridine rings is 1. The standard InChI is InChI=1S/C20H25FN4O2/c1-22-19(27)13-11-23-15-12(18(13)26)10-14(21)17-16(15)24-20(25(17)2)8-6-4-3-5-7-9-20/h10-11,24H,3-9H2,1-2H3,(H,22,27)(H,23,26). The molecule has 3 N–H and O–H groups in total. The molecule has 1 aromatic heterocycles. The Bertz CT molecular complexity index is 961. The number of rotatable bonds is 1. The Morgan fingerprint density at radius 1 is 1.22 bits per heavy atom. The van der Waals surface area contributed by atoms with Crippen LogP contribution in [0.15, 0.2) is 17.1 Å². The van der Waals surface area contributed by atoms with Gasteiger partial charge in [-0.1, -0.05) is 19.3 Å². The first-order valence-electron chi connectivity index (χ1n) is 9.60. The molecule has 0 radical (unpaired) electrons. The van der Waals surface area contributed by atoms with E-state index < -0.39 is 17.2 Å². The number of hydrogen-bond acceptors (Lipinski definition) is 4. The van der Waals surface area contributed by atoms with Crippen LogP contribution >= 0.6 is 0 Å². The van der Waals surface area contributed by atoms with E-state index in [1.807, 2.05) is 11.9 Å². The first-order chi connectivity index (χ1) is 13.0. The Balaban J connectivity index is 1.87. The van der Waals surface area contributed by atoms with Crippen LogP contribution in [0.3, 0.4) is 0 Å². The van der Waals surface area contributed by atoms with Crippen molar-refractivity contribution in [3.63, 3.8) is 0 Å². The number of carbonyl (C=O) groups excluding carboxylic acids is 1. The zero-order valence-electron chi connectivity index (χ0n) is 15.7. The van der Waals surface area contributed by atoms with Crippen molar-refractivity contribution in [3.8, 4) is 0 Å². The molecule has 1 aromatic carbocycles. The van der Waals surface area contributed by atoms with Crippen LogP contribution in [0.1, 0.15) is 55.3 Å². The summed E-state index contributed by atoms with van der Waals surface area (Å²) in [4.78, 5) is 29.7. The first-order valence-corrected chi connectivity index (χ1v) is 9.60. The molecule has 7 heteroatoms. The van der Waals surface area contributed by atoms with Crippen LogP contribution in [0.25, 0.3) is 10.9 Å². The summed E-state index contributed by atoms with van der Waals surface area (Å²) >= 11 is 0. The molecule has 6 nitrogen and oxygen atoms in total. The second-order valence-corrected chi connectivity index (χ2v) is 7.60. The van der Waals surface area contributed by atoms with Gasteiger partial charge in [-0.15, -0.1) is 0 Å². The predicted octanol–water partition coefficient (Wildman–Crippen LogP) is 3.33. The number of anilines is 2. The summed E-state index contributed by atoms with van der Waals surface area (Å²) in [6.45, 7) is 0. The lowest BCUT2D eigenvalue weighted by molar-refractivity contribution is 0.0962. The summed E-state index contributed by atoms with van der Waals surface area (Å²) in [6, 6.07) is 1.25. The van der Waals surface area contributed by atoms with Crippen LogP contribution in [0.5, 0.6) is 0 Å². The smallest absolute Gasteiger partial charge is 0.256 e. The van der Waals surface area contributed by atoms with Gasteiger partial charge in [0.15, 0.2) is 0 Å². The number of carbonyl (C=O) groups is 1. The normalized spacial score (nSPS) is 18.7.